The second kappa shape index (κ2) is 5.96. The zero-order valence-corrected chi connectivity index (χ0v) is 10.2. The minimum atomic E-state index is 0.0194. The van der Waals surface area contributed by atoms with E-state index in [1.54, 1.807) is 0 Å². The van der Waals surface area contributed by atoms with E-state index in [0.29, 0.717) is 12.5 Å². The van der Waals surface area contributed by atoms with Gasteiger partial charge in [-0.05, 0) is 38.9 Å². The maximum absolute atomic E-state index is 5.91. The van der Waals surface area contributed by atoms with Crippen LogP contribution in [-0.4, -0.2) is 50.1 Å². The molecule has 0 aromatic rings. The maximum Gasteiger partial charge on any atom is 0.162 e. The van der Waals surface area contributed by atoms with Crippen LogP contribution in [0.2, 0.25) is 0 Å². The summed E-state index contributed by atoms with van der Waals surface area (Å²) in [7, 11) is 0. The predicted molar refractivity (Wildman–Crippen MR) is 63.1 cm³/mol. The first-order valence-corrected chi connectivity index (χ1v) is 6.53. The second-order valence-corrected chi connectivity index (χ2v) is 4.83. The molecule has 2 N–H and O–H groups in total. The molecular formula is C12H24N2O2. The summed E-state index contributed by atoms with van der Waals surface area (Å²) in [4.78, 5) is 2.48. The van der Waals surface area contributed by atoms with Gasteiger partial charge in [0, 0.05) is 12.5 Å². The number of piperidine rings is 1. The number of hydrogen-bond donors (Lipinski definition) is 1. The van der Waals surface area contributed by atoms with Crippen LogP contribution in [0.5, 0.6) is 0 Å². The van der Waals surface area contributed by atoms with Crippen LogP contribution >= 0.6 is 0 Å². The zero-order chi connectivity index (χ0) is 11.4. The van der Waals surface area contributed by atoms with Crippen molar-refractivity contribution in [2.75, 3.05) is 32.8 Å². The van der Waals surface area contributed by atoms with E-state index in [1.165, 1.54) is 19.4 Å². The molecule has 0 amide bonds. The van der Waals surface area contributed by atoms with E-state index in [4.69, 9.17) is 15.2 Å². The summed E-state index contributed by atoms with van der Waals surface area (Å²) in [6.45, 7) is 7.12. The highest BCUT2D eigenvalue weighted by Gasteiger charge is 2.34. The van der Waals surface area contributed by atoms with Gasteiger partial charge in [-0.2, -0.15) is 0 Å². The maximum atomic E-state index is 5.91. The molecule has 94 valence electrons. The molecular weight excluding hydrogens is 204 g/mol. The summed E-state index contributed by atoms with van der Waals surface area (Å²) in [6.07, 6.45) is 3.67. The Hall–Kier alpha value is -0.160. The van der Waals surface area contributed by atoms with E-state index in [9.17, 15) is 0 Å². The van der Waals surface area contributed by atoms with Crippen LogP contribution in [0.15, 0.2) is 0 Å². The Bertz CT molecular complexity index is 213. The fourth-order valence-corrected chi connectivity index (χ4v) is 2.66. The lowest BCUT2D eigenvalue weighted by atomic mass is 9.97. The highest BCUT2D eigenvalue weighted by Crippen LogP contribution is 2.27. The predicted octanol–water partition coefficient (Wildman–Crippen LogP) is 0.809. The molecule has 2 aliphatic heterocycles. The lowest BCUT2D eigenvalue weighted by molar-refractivity contribution is -0.111. The molecule has 0 aromatic heterocycles. The number of nitrogens with zero attached hydrogens (tertiary/aromatic N) is 1. The third-order valence-electron chi connectivity index (χ3n) is 3.64. The molecule has 0 aliphatic carbocycles. The van der Waals surface area contributed by atoms with E-state index in [1.807, 2.05) is 0 Å². The minimum Gasteiger partial charge on any atom is -0.350 e. The Balaban J connectivity index is 1.79. The molecule has 0 aromatic carbocycles. The van der Waals surface area contributed by atoms with Crippen molar-refractivity contribution in [3.63, 3.8) is 0 Å². The smallest absolute Gasteiger partial charge is 0.162 e. The highest BCUT2D eigenvalue weighted by atomic mass is 16.7. The Morgan fingerprint density at radius 3 is 3.06 bits per heavy atom. The molecule has 0 saturated carbocycles. The van der Waals surface area contributed by atoms with Crippen LogP contribution < -0.4 is 5.73 Å². The molecule has 2 aliphatic rings. The van der Waals surface area contributed by atoms with Crippen LogP contribution in [0.25, 0.3) is 0 Å². The van der Waals surface area contributed by atoms with Crippen LogP contribution in [0.1, 0.15) is 26.2 Å². The first-order valence-electron chi connectivity index (χ1n) is 6.53. The van der Waals surface area contributed by atoms with Gasteiger partial charge in [-0.25, -0.2) is 0 Å². The summed E-state index contributed by atoms with van der Waals surface area (Å²) in [5.41, 5.74) is 5.53. The van der Waals surface area contributed by atoms with Crippen molar-refractivity contribution in [3.05, 3.63) is 0 Å². The fourth-order valence-electron chi connectivity index (χ4n) is 2.66. The van der Waals surface area contributed by atoms with Gasteiger partial charge in [0.05, 0.1) is 12.7 Å². The molecule has 0 radical (unpaired) electrons. The molecule has 2 heterocycles. The largest absolute Gasteiger partial charge is 0.350 e. The molecule has 2 saturated heterocycles. The third kappa shape index (κ3) is 2.94. The van der Waals surface area contributed by atoms with Crippen LogP contribution in [-0.2, 0) is 9.47 Å². The number of rotatable bonds is 4. The SMILES string of the molecule is CCN1CCCC(C2OCC(CCN)O2)C1. The summed E-state index contributed by atoms with van der Waals surface area (Å²) in [5.74, 6) is 0.552. The van der Waals surface area contributed by atoms with Gasteiger partial charge in [-0.3, -0.25) is 0 Å². The molecule has 2 fully saturated rings. The lowest BCUT2D eigenvalue weighted by Gasteiger charge is -2.34. The number of likely N-dealkylation sites (tertiary alicyclic amines) is 1. The fraction of sp³-hybridized carbons (Fsp3) is 1.00. The van der Waals surface area contributed by atoms with Gasteiger partial charge < -0.3 is 20.1 Å². The number of hydrogen-bond acceptors (Lipinski definition) is 4. The van der Waals surface area contributed by atoms with Crippen molar-refractivity contribution in [1.82, 2.24) is 4.90 Å². The van der Waals surface area contributed by atoms with Gasteiger partial charge in [0.1, 0.15) is 0 Å². The van der Waals surface area contributed by atoms with Crippen LogP contribution in [0.3, 0.4) is 0 Å². The standard InChI is InChI=1S/C12H24N2O2/c1-2-14-7-3-4-10(8-14)12-15-9-11(16-12)5-6-13/h10-12H,2-9,13H2,1H3. The number of nitrogens with two attached hydrogens (primary N) is 1. The molecule has 4 nitrogen and oxygen atoms in total. The normalized spacial score (nSPS) is 36.8. The Morgan fingerprint density at radius 2 is 2.31 bits per heavy atom. The van der Waals surface area contributed by atoms with Crippen molar-refractivity contribution in [1.29, 1.82) is 0 Å². The highest BCUT2D eigenvalue weighted by molar-refractivity contribution is 4.78. The molecule has 0 bridgehead atoms. The van der Waals surface area contributed by atoms with E-state index in [-0.39, 0.29) is 12.4 Å². The second-order valence-electron chi connectivity index (χ2n) is 4.83. The number of ether oxygens (including phenoxy) is 2. The summed E-state index contributed by atoms with van der Waals surface area (Å²) < 4.78 is 11.7. The van der Waals surface area contributed by atoms with Crippen molar-refractivity contribution in [2.45, 2.75) is 38.6 Å². The Labute approximate surface area is 98.1 Å². The molecule has 0 spiro atoms. The average molecular weight is 228 g/mol. The van der Waals surface area contributed by atoms with Crippen LogP contribution in [0, 0.1) is 5.92 Å². The minimum absolute atomic E-state index is 0.0194. The summed E-state index contributed by atoms with van der Waals surface area (Å²) in [6, 6.07) is 0. The monoisotopic (exact) mass is 228 g/mol. The summed E-state index contributed by atoms with van der Waals surface area (Å²) in [5, 5.41) is 0. The van der Waals surface area contributed by atoms with Crippen molar-refractivity contribution in [2.24, 2.45) is 11.7 Å². The lowest BCUT2D eigenvalue weighted by Crippen LogP contribution is -2.40. The third-order valence-corrected chi connectivity index (χ3v) is 3.64. The molecule has 3 unspecified atom stereocenters. The van der Waals surface area contributed by atoms with Gasteiger partial charge >= 0.3 is 0 Å². The van der Waals surface area contributed by atoms with Crippen molar-refractivity contribution in [3.8, 4) is 0 Å². The molecule has 4 heteroatoms. The first-order chi connectivity index (χ1) is 7.83. The van der Waals surface area contributed by atoms with Crippen molar-refractivity contribution >= 4 is 0 Å². The molecule has 16 heavy (non-hydrogen) atoms. The van der Waals surface area contributed by atoms with Crippen LogP contribution in [0.4, 0.5) is 0 Å². The van der Waals surface area contributed by atoms with Gasteiger partial charge in [0.15, 0.2) is 6.29 Å². The van der Waals surface area contributed by atoms with E-state index < -0.39 is 0 Å². The average Bonchev–Trinajstić information content (AvgIpc) is 2.78. The van der Waals surface area contributed by atoms with E-state index in [0.717, 1.165) is 26.1 Å². The first kappa shape index (κ1) is 12.3. The quantitative estimate of drug-likeness (QED) is 0.773. The van der Waals surface area contributed by atoms with Gasteiger partial charge in [0.2, 0.25) is 0 Å². The van der Waals surface area contributed by atoms with Gasteiger partial charge in [-0.1, -0.05) is 6.92 Å². The molecule has 2 rings (SSSR count). The summed E-state index contributed by atoms with van der Waals surface area (Å²) >= 11 is 0. The Kier molecular flexibility index (Phi) is 4.58. The Morgan fingerprint density at radius 1 is 1.44 bits per heavy atom. The van der Waals surface area contributed by atoms with Gasteiger partial charge in [0.25, 0.3) is 0 Å². The topological polar surface area (TPSA) is 47.7 Å². The molecule has 3 atom stereocenters. The van der Waals surface area contributed by atoms with E-state index in [2.05, 4.69) is 11.8 Å². The zero-order valence-electron chi connectivity index (χ0n) is 10.2. The van der Waals surface area contributed by atoms with E-state index >= 15 is 0 Å². The van der Waals surface area contributed by atoms with Gasteiger partial charge in [-0.15, -0.1) is 0 Å². The van der Waals surface area contributed by atoms with Crippen molar-refractivity contribution < 1.29 is 9.47 Å².